The molecule has 212 valence electrons. The first-order chi connectivity index (χ1) is 20.0. The molecule has 1 aromatic heterocycles. The Kier molecular flexibility index (Phi) is 4.90. The fraction of sp³-hybridized carbons (Fsp3) is 0.529. The lowest BCUT2D eigenvalue weighted by molar-refractivity contribution is -0.300. The minimum atomic E-state index is -0.529. The largest absolute Gasteiger partial charge is 0.497 e. The first-order valence-corrected chi connectivity index (χ1v) is 15.4. The van der Waals surface area contributed by atoms with Gasteiger partial charge < -0.3 is 23.7 Å². The number of Topliss-reactive ketones (excluding diaryl/α,β-unsaturated/α-hetero) is 1. The zero-order chi connectivity index (χ0) is 27.7. The number of morpholine rings is 1. The summed E-state index contributed by atoms with van der Waals surface area (Å²) in [6.45, 7) is 4.01. The van der Waals surface area contributed by atoms with Crippen LogP contribution in [-0.2, 0) is 20.8 Å². The van der Waals surface area contributed by atoms with Gasteiger partial charge in [0.25, 0.3) is 0 Å². The van der Waals surface area contributed by atoms with Crippen molar-refractivity contribution in [2.75, 3.05) is 26.9 Å². The molecule has 0 radical (unpaired) electrons. The van der Waals surface area contributed by atoms with Crippen LogP contribution in [0.5, 0.6) is 5.75 Å². The minimum Gasteiger partial charge on any atom is -0.497 e. The van der Waals surface area contributed by atoms with Crippen LogP contribution in [-0.4, -0.2) is 65.8 Å². The van der Waals surface area contributed by atoms with E-state index >= 15 is 0 Å². The van der Waals surface area contributed by atoms with Gasteiger partial charge in [-0.1, -0.05) is 31.4 Å². The Balaban J connectivity index is 1.26. The Morgan fingerprint density at radius 3 is 2.61 bits per heavy atom. The van der Waals surface area contributed by atoms with Crippen LogP contribution >= 0.6 is 0 Å². The Bertz CT molecular complexity index is 1650. The van der Waals surface area contributed by atoms with Gasteiger partial charge in [-0.25, -0.2) is 0 Å². The summed E-state index contributed by atoms with van der Waals surface area (Å²) in [4.78, 5) is 29.4. The molecule has 5 unspecified atom stereocenters. The van der Waals surface area contributed by atoms with Gasteiger partial charge in [-0.3, -0.25) is 9.59 Å². The Morgan fingerprint density at radius 2 is 1.85 bits per heavy atom. The second-order valence-electron chi connectivity index (χ2n) is 13.4. The Morgan fingerprint density at radius 1 is 1.02 bits per heavy atom. The molecule has 6 aliphatic rings. The number of benzene rings is 2. The van der Waals surface area contributed by atoms with Crippen molar-refractivity contribution < 1.29 is 23.8 Å². The normalized spacial score (nSPS) is 32.9. The molecule has 2 aliphatic carbocycles. The molecule has 5 heterocycles. The highest BCUT2D eigenvalue weighted by molar-refractivity contribution is 6.02. The zero-order valence-corrected chi connectivity index (χ0v) is 23.8. The number of likely N-dealkylation sites (tertiary alicyclic amines) is 1. The molecule has 2 saturated carbocycles. The van der Waals surface area contributed by atoms with E-state index in [0.29, 0.717) is 32.3 Å². The Hall–Kier alpha value is -3.16. The van der Waals surface area contributed by atoms with Gasteiger partial charge in [-0.15, -0.1) is 0 Å². The molecule has 9 rings (SSSR count). The molecule has 41 heavy (non-hydrogen) atoms. The van der Waals surface area contributed by atoms with Crippen LogP contribution in [0.4, 0.5) is 0 Å². The third-order valence-electron chi connectivity index (χ3n) is 11.5. The number of nitrogens with zero attached hydrogens (tertiary/aromatic N) is 2. The summed E-state index contributed by atoms with van der Waals surface area (Å²) in [6.07, 6.45) is 6.96. The van der Waals surface area contributed by atoms with Gasteiger partial charge in [0.15, 0.2) is 5.78 Å². The van der Waals surface area contributed by atoms with Crippen LogP contribution < -0.4 is 4.74 Å². The number of amides is 1. The average Bonchev–Trinajstić information content (AvgIpc) is 3.45. The van der Waals surface area contributed by atoms with Crippen LogP contribution in [0.2, 0.25) is 0 Å². The quantitative estimate of drug-likeness (QED) is 0.404. The predicted molar refractivity (Wildman–Crippen MR) is 153 cm³/mol. The van der Waals surface area contributed by atoms with Crippen molar-refractivity contribution in [2.24, 2.45) is 5.41 Å². The lowest BCUT2D eigenvalue weighted by atomic mass is 9.72. The van der Waals surface area contributed by atoms with E-state index in [4.69, 9.17) is 14.2 Å². The first kappa shape index (κ1) is 24.4. The molecule has 5 fully saturated rings. The summed E-state index contributed by atoms with van der Waals surface area (Å²) in [5.74, 6) is 1.74. The topological polar surface area (TPSA) is 70.0 Å². The minimum absolute atomic E-state index is 0.0143. The maximum atomic E-state index is 14.7. The summed E-state index contributed by atoms with van der Waals surface area (Å²) in [5, 5.41) is 1.24. The number of rotatable bonds is 4. The molecule has 0 bridgehead atoms. The zero-order valence-electron chi connectivity index (χ0n) is 23.8. The maximum absolute atomic E-state index is 14.7. The second-order valence-corrected chi connectivity index (χ2v) is 13.4. The monoisotopic (exact) mass is 552 g/mol. The van der Waals surface area contributed by atoms with Gasteiger partial charge in [-0.05, 0) is 67.5 Å². The van der Waals surface area contributed by atoms with Crippen molar-refractivity contribution >= 4 is 22.6 Å². The molecule has 3 aromatic rings. The molecular weight excluding hydrogens is 516 g/mol. The van der Waals surface area contributed by atoms with Crippen molar-refractivity contribution in [1.82, 2.24) is 9.47 Å². The smallest absolute Gasteiger partial charge is 0.232 e. The molecule has 7 nitrogen and oxygen atoms in total. The lowest BCUT2D eigenvalue weighted by Crippen LogP contribution is -2.86. The number of fused-ring (bicyclic) bond motifs is 7. The highest BCUT2D eigenvalue weighted by Crippen LogP contribution is 2.68. The standard InChI is InChI=1S/C34H36N2O5/c1-19(37)21-8-10-24-27(12-21)35-17-33(32(38)36-28-15-40-18-34(28)29(36)16-41-34)14-26(33)25-13-22(39-2)9-11-23(25)31(35)30(24)20-6-4-3-5-7-20/h8-13,20,26,28-29H,3-7,14-18H2,1-2H3. The van der Waals surface area contributed by atoms with Gasteiger partial charge in [0.1, 0.15) is 11.4 Å². The Labute approximate surface area is 239 Å². The van der Waals surface area contributed by atoms with Crippen LogP contribution in [0.1, 0.15) is 78.8 Å². The lowest BCUT2D eigenvalue weighted by Gasteiger charge is -2.66. The van der Waals surface area contributed by atoms with Gasteiger partial charge in [-0.2, -0.15) is 0 Å². The number of methoxy groups -OCH3 is 1. The van der Waals surface area contributed by atoms with Gasteiger partial charge >= 0.3 is 0 Å². The number of carbonyl (C=O) groups excluding carboxylic acids is 2. The van der Waals surface area contributed by atoms with E-state index < -0.39 is 5.41 Å². The molecular formula is C34H36N2O5. The van der Waals surface area contributed by atoms with Gasteiger partial charge in [0.2, 0.25) is 5.91 Å². The van der Waals surface area contributed by atoms with Crippen molar-refractivity contribution in [3.05, 3.63) is 53.1 Å². The highest BCUT2D eigenvalue weighted by Gasteiger charge is 2.76. The number of carbonyl (C=O) groups is 2. The van der Waals surface area contributed by atoms with E-state index in [-0.39, 0.29) is 35.3 Å². The second kappa shape index (κ2) is 8.23. The molecule has 2 aromatic carbocycles. The third-order valence-corrected chi connectivity index (χ3v) is 11.5. The third kappa shape index (κ3) is 3.01. The van der Waals surface area contributed by atoms with Gasteiger partial charge in [0.05, 0.1) is 50.1 Å². The average molecular weight is 553 g/mol. The summed E-state index contributed by atoms with van der Waals surface area (Å²) < 4.78 is 20.0. The van der Waals surface area contributed by atoms with Crippen LogP contribution in [0.25, 0.3) is 22.2 Å². The van der Waals surface area contributed by atoms with Crippen molar-refractivity contribution in [3.63, 3.8) is 0 Å². The number of ketones is 1. The fourth-order valence-electron chi connectivity index (χ4n) is 9.20. The molecule has 4 aliphatic heterocycles. The van der Waals surface area contributed by atoms with E-state index in [9.17, 15) is 9.59 Å². The SMILES string of the molecule is COc1ccc2c(c1)C1CC1(C(=O)N1C3COCC34OCC14)Cn1c-2c(C2CCCCC2)c2ccc(C(C)=O)cc21. The summed E-state index contributed by atoms with van der Waals surface area (Å²) in [7, 11) is 1.72. The number of hydrogen-bond donors (Lipinski definition) is 0. The van der Waals surface area contributed by atoms with Crippen LogP contribution in [0.3, 0.4) is 0 Å². The molecule has 1 spiro atoms. The molecule has 3 saturated heterocycles. The van der Waals surface area contributed by atoms with Crippen molar-refractivity contribution in [3.8, 4) is 17.0 Å². The number of hydrogen-bond acceptors (Lipinski definition) is 5. The highest BCUT2D eigenvalue weighted by atomic mass is 16.6. The number of aromatic nitrogens is 1. The van der Waals surface area contributed by atoms with E-state index in [1.807, 2.05) is 6.07 Å². The predicted octanol–water partition coefficient (Wildman–Crippen LogP) is 5.43. The van der Waals surface area contributed by atoms with Crippen LogP contribution in [0, 0.1) is 5.41 Å². The molecule has 1 amide bonds. The van der Waals surface area contributed by atoms with E-state index in [0.717, 1.165) is 23.3 Å². The molecule has 5 atom stereocenters. The first-order valence-electron chi connectivity index (χ1n) is 15.4. The van der Waals surface area contributed by atoms with Crippen LogP contribution in [0.15, 0.2) is 36.4 Å². The number of ether oxygens (including phenoxy) is 3. The molecule has 0 N–H and O–H groups in total. The summed E-state index contributed by atoms with van der Waals surface area (Å²) in [6, 6.07) is 12.8. The fourth-order valence-corrected chi connectivity index (χ4v) is 9.20. The van der Waals surface area contributed by atoms with E-state index in [2.05, 4.69) is 39.8 Å². The molecule has 7 heteroatoms. The van der Waals surface area contributed by atoms with E-state index in [1.165, 1.54) is 59.9 Å². The van der Waals surface area contributed by atoms with Gasteiger partial charge in [0, 0.05) is 34.5 Å². The maximum Gasteiger partial charge on any atom is 0.232 e. The van der Waals surface area contributed by atoms with Crippen molar-refractivity contribution in [1.29, 1.82) is 0 Å². The summed E-state index contributed by atoms with van der Waals surface area (Å²) >= 11 is 0. The van der Waals surface area contributed by atoms with E-state index in [1.54, 1.807) is 14.0 Å². The summed E-state index contributed by atoms with van der Waals surface area (Å²) in [5.41, 5.74) is 6.10. The van der Waals surface area contributed by atoms with Crippen molar-refractivity contribution in [2.45, 2.75) is 81.5 Å².